The third-order valence-electron chi connectivity index (χ3n) is 8.03. The van der Waals surface area contributed by atoms with Crippen LogP contribution in [0.15, 0.2) is 79.5 Å². The van der Waals surface area contributed by atoms with Crippen LogP contribution in [-0.2, 0) is 4.79 Å². The second-order valence-electron chi connectivity index (χ2n) is 10.6. The van der Waals surface area contributed by atoms with E-state index in [1.165, 1.54) is 12.1 Å². The molecule has 2 aromatic carbocycles. The molecule has 1 N–H and O–H groups in total. The molecule has 2 aliphatic heterocycles. The van der Waals surface area contributed by atoms with E-state index in [1.54, 1.807) is 41.2 Å². The van der Waals surface area contributed by atoms with Crippen molar-refractivity contribution in [2.45, 2.75) is 24.9 Å². The molecule has 5 heterocycles. The Morgan fingerprint density at radius 3 is 2.72 bits per heavy atom. The van der Waals surface area contributed by atoms with Crippen LogP contribution in [0.4, 0.5) is 4.39 Å². The third-order valence-corrected chi connectivity index (χ3v) is 8.03. The first-order valence-electron chi connectivity index (χ1n) is 14.1. The molecule has 9 nitrogen and oxygen atoms in total. The molecule has 0 saturated carbocycles. The highest BCUT2D eigenvalue weighted by Gasteiger charge is 2.30. The number of halogens is 1. The number of nitrogens with one attached hydrogen (secondary N) is 1. The van der Waals surface area contributed by atoms with E-state index in [9.17, 15) is 4.79 Å². The fraction of sp³-hybridized carbons (Fsp3) is 0.212. The van der Waals surface area contributed by atoms with Crippen molar-refractivity contribution in [3.8, 4) is 41.0 Å². The van der Waals surface area contributed by atoms with Gasteiger partial charge in [-0.1, -0.05) is 24.8 Å². The zero-order chi connectivity index (χ0) is 29.5. The molecule has 1 saturated heterocycles. The number of carbonyl (C=O) groups excluding carboxylic acids is 1. The quantitative estimate of drug-likeness (QED) is 0.236. The number of amides is 1. The first-order chi connectivity index (χ1) is 21.0. The normalized spacial score (nSPS) is 16.6. The Labute approximate surface area is 247 Å². The van der Waals surface area contributed by atoms with Crippen LogP contribution in [0.1, 0.15) is 30.1 Å². The summed E-state index contributed by atoms with van der Waals surface area (Å²) in [5, 5.41) is 8.10. The van der Waals surface area contributed by atoms with Gasteiger partial charge in [0.05, 0.1) is 17.3 Å². The molecule has 0 bridgehead atoms. The summed E-state index contributed by atoms with van der Waals surface area (Å²) in [6, 6.07) is 18.2. The lowest BCUT2D eigenvalue weighted by Gasteiger charge is -2.33. The molecule has 1 fully saturated rings. The number of ether oxygens (including phenoxy) is 1. The maximum Gasteiger partial charge on any atom is 0.245 e. The summed E-state index contributed by atoms with van der Waals surface area (Å²) in [6.07, 6.45) is 10.4. The summed E-state index contributed by atoms with van der Waals surface area (Å²) in [6.45, 7) is 5.49. The molecular weight excluding hydrogens is 545 g/mol. The van der Waals surface area contributed by atoms with Crippen molar-refractivity contribution in [1.82, 2.24) is 34.5 Å². The molecule has 5 aromatic rings. The summed E-state index contributed by atoms with van der Waals surface area (Å²) in [5.41, 5.74) is 3.80. The van der Waals surface area contributed by atoms with Crippen molar-refractivity contribution in [3.63, 3.8) is 0 Å². The molecule has 214 valence electrons. The van der Waals surface area contributed by atoms with Crippen molar-refractivity contribution >= 4 is 17.1 Å². The zero-order valence-electron chi connectivity index (χ0n) is 23.3. The lowest BCUT2D eigenvalue weighted by molar-refractivity contribution is -0.127. The minimum absolute atomic E-state index is 0.0224. The Morgan fingerprint density at radius 2 is 1.95 bits per heavy atom. The van der Waals surface area contributed by atoms with Crippen molar-refractivity contribution < 1.29 is 13.9 Å². The number of fused-ring (bicyclic) bond motifs is 2. The molecule has 1 atom stereocenters. The zero-order valence-corrected chi connectivity index (χ0v) is 23.3. The number of rotatable bonds is 6. The summed E-state index contributed by atoms with van der Waals surface area (Å²) >= 11 is 0. The van der Waals surface area contributed by atoms with E-state index < -0.39 is 0 Å². The average Bonchev–Trinajstić information content (AvgIpc) is 3.78. The van der Waals surface area contributed by atoms with Gasteiger partial charge in [-0.05, 0) is 61.2 Å². The Kier molecular flexibility index (Phi) is 6.72. The summed E-state index contributed by atoms with van der Waals surface area (Å²) < 4.78 is 24.7. The van der Waals surface area contributed by atoms with Crippen LogP contribution >= 0.6 is 0 Å². The van der Waals surface area contributed by atoms with Crippen LogP contribution in [0.5, 0.6) is 5.75 Å². The smallest absolute Gasteiger partial charge is 0.245 e. The van der Waals surface area contributed by atoms with Crippen LogP contribution in [0.3, 0.4) is 0 Å². The molecule has 0 spiro atoms. The maximum absolute atomic E-state index is 15.1. The van der Waals surface area contributed by atoms with Gasteiger partial charge in [0, 0.05) is 37.0 Å². The summed E-state index contributed by atoms with van der Waals surface area (Å²) in [4.78, 5) is 23.5. The SMILES string of the molecule is C#Cc1ccn(-c2ccc3nc(-c4ccccc4F)n(-c4ccc5c(c4)OCC5NC4CCN(C(=O)C=C)CC4)c3n2)n1. The van der Waals surface area contributed by atoms with Gasteiger partial charge in [-0.3, -0.25) is 9.36 Å². The molecule has 1 amide bonds. The van der Waals surface area contributed by atoms with Gasteiger partial charge in [0.25, 0.3) is 0 Å². The van der Waals surface area contributed by atoms with E-state index in [-0.39, 0.29) is 23.8 Å². The van der Waals surface area contributed by atoms with Crippen molar-refractivity contribution in [1.29, 1.82) is 0 Å². The number of carbonyl (C=O) groups is 1. The highest BCUT2D eigenvalue weighted by molar-refractivity contribution is 5.87. The molecule has 3 aromatic heterocycles. The molecule has 10 heteroatoms. The first kappa shape index (κ1) is 26.6. The second-order valence-corrected chi connectivity index (χ2v) is 10.6. The van der Waals surface area contributed by atoms with Gasteiger partial charge in [0.1, 0.15) is 35.2 Å². The van der Waals surface area contributed by atoms with Crippen molar-refractivity contribution in [2.24, 2.45) is 0 Å². The lowest BCUT2D eigenvalue weighted by atomic mass is 10.0. The highest BCUT2D eigenvalue weighted by Crippen LogP contribution is 2.37. The van der Waals surface area contributed by atoms with Crippen molar-refractivity contribution in [3.05, 3.63) is 96.6 Å². The van der Waals surface area contributed by atoms with Crippen molar-refractivity contribution in [2.75, 3.05) is 19.7 Å². The number of piperidine rings is 1. The molecule has 1 unspecified atom stereocenters. The topological polar surface area (TPSA) is 90.1 Å². The second kappa shape index (κ2) is 10.9. The molecular formula is C33H28FN7O2. The third kappa shape index (κ3) is 4.83. The van der Waals surface area contributed by atoms with Crippen LogP contribution in [0.2, 0.25) is 0 Å². The van der Waals surface area contributed by atoms with E-state index in [1.807, 2.05) is 33.7 Å². The standard InChI is InChI=1S/C33H28FN7O2/c1-3-21-15-18-40(38-21)30-12-11-27-33(37-30)41(32(36-27)24-7-5-6-8-26(24)34)23-9-10-25-28(20-43-29(25)19-23)35-22-13-16-39(17-14-22)31(42)4-2/h1,4-12,15,18-19,22,28,35H,2,13-14,16-17,20H2. The molecule has 7 rings (SSSR count). The molecule has 2 aliphatic rings. The largest absolute Gasteiger partial charge is 0.491 e. The number of benzene rings is 2. The Morgan fingerprint density at radius 1 is 1.12 bits per heavy atom. The molecule has 0 radical (unpaired) electrons. The summed E-state index contributed by atoms with van der Waals surface area (Å²) in [5.74, 6) is 3.85. The minimum Gasteiger partial charge on any atom is -0.491 e. The number of nitrogens with zero attached hydrogens (tertiary/aromatic N) is 6. The van der Waals surface area contributed by atoms with Gasteiger partial charge >= 0.3 is 0 Å². The van der Waals surface area contributed by atoms with E-state index >= 15 is 4.39 Å². The van der Waals surface area contributed by atoms with Gasteiger partial charge < -0.3 is 15.0 Å². The highest BCUT2D eigenvalue weighted by atomic mass is 19.1. The predicted molar refractivity (Wildman–Crippen MR) is 160 cm³/mol. The Hall–Kier alpha value is -5.27. The van der Waals surface area contributed by atoms with Crippen LogP contribution in [0, 0.1) is 18.2 Å². The number of likely N-dealkylation sites (tertiary alicyclic amines) is 1. The van der Waals surface area contributed by atoms with E-state index in [4.69, 9.17) is 21.1 Å². The first-order valence-corrected chi connectivity index (χ1v) is 14.1. The van der Waals surface area contributed by atoms with Gasteiger partial charge in [-0.15, -0.1) is 6.42 Å². The summed E-state index contributed by atoms with van der Waals surface area (Å²) in [7, 11) is 0. The maximum atomic E-state index is 15.1. The minimum atomic E-state index is -0.382. The van der Waals surface area contributed by atoms with Crippen LogP contribution in [-0.4, -0.2) is 60.9 Å². The Bertz CT molecular complexity index is 1910. The number of hydrogen-bond donors (Lipinski definition) is 1. The predicted octanol–water partition coefficient (Wildman–Crippen LogP) is 4.59. The van der Waals surface area contributed by atoms with E-state index in [0.29, 0.717) is 53.8 Å². The van der Waals surface area contributed by atoms with Gasteiger partial charge in [0.15, 0.2) is 11.5 Å². The van der Waals surface area contributed by atoms with Gasteiger partial charge in [-0.2, -0.15) is 5.10 Å². The number of aromatic nitrogens is 5. The van der Waals surface area contributed by atoms with Crippen LogP contribution in [0.25, 0.3) is 34.1 Å². The molecule has 43 heavy (non-hydrogen) atoms. The average molecular weight is 574 g/mol. The van der Waals surface area contributed by atoms with Gasteiger partial charge in [0.2, 0.25) is 5.91 Å². The molecule has 0 aliphatic carbocycles. The number of pyridine rings is 1. The fourth-order valence-electron chi connectivity index (χ4n) is 5.83. The Balaban J connectivity index is 1.24. The van der Waals surface area contributed by atoms with Crippen LogP contribution < -0.4 is 10.1 Å². The van der Waals surface area contributed by atoms with E-state index in [2.05, 4.69) is 22.9 Å². The van der Waals surface area contributed by atoms with Gasteiger partial charge in [-0.25, -0.2) is 19.0 Å². The number of imidazole rings is 1. The fourth-order valence-corrected chi connectivity index (χ4v) is 5.83. The lowest BCUT2D eigenvalue weighted by Crippen LogP contribution is -2.45. The number of terminal acetylenes is 1. The monoisotopic (exact) mass is 573 g/mol. The van der Waals surface area contributed by atoms with E-state index in [0.717, 1.165) is 29.8 Å². The number of hydrogen-bond acceptors (Lipinski definition) is 6.